The van der Waals surface area contributed by atoms with Gasteiger partial charge in [-0.1, -0.05) is 28.1 Å². The predicted molar refractivity (Wildman–Crippen MR) is 87.0 cm³/mol. The third kappa shape index (κ3) is 5.05. The Kier molecular flexibility index (Phi) is 6.95. The lowest BCUT2D eigenvalue weighted by Crippen LogP contribution is -2.38. The second-order valence-corrected chi connectivity index (χ2v) is 6.04. The molecule has 0 saturated carbocycles. The van der Waals surface area contributed by atoms with Crippen LogP contribution in [0.2, 0.25) is 0 Å². The summed E-state index contributed by atoms with van der Waals surface area (Å²) in [4.78, 5) is 14.1. The van der Waals surface area contributed by atoms with Crippen molar-refractivity contribution < 1.29 is 4.79 Å². The van der Waals surface area contributed by atoms with Gasteiger partial charge >= 0.3 is 0 Å². The number of hydrogen-bond acceptors (Lipinski definition) is 3. The molecule has 1 aromatic rings. The van der Waals surface area contributed by atoms with Crippen LogP contribution < -0.4 is 11.1 Å². The second kappa shape index (κ2) is 7.98. The van der Waals surface area contributed by atoms with E-state index in [4.69, 9.17) is 5.73 Å². The zero-order valence-electron chi connectivity index (χ0n) is 11.5. The van der Waals surface area contributed by atoms with Crippen LogP contribution in [0.25, 0.3) is 0 Å². The van der Waals surface area contributed by atoms with Crippen molar-refractivity contribution in [3.05, 3.63) is 34.3 Å². The first-order valence-electron chi connectivity index (χ1n) is 6.57. The highest BCUT2D eigenvalue weighted by Crippen LogP contribution is 2.16. The maximum absolute atomic E-state index is 12.0. The normalized spacial score (nSPS) is 20.2. The van der Waals surface area contributed by atoms with E-state index in [1.54, 1.807) is 0 Å². The third-order valence-electron chi connectivity index (χ3n) is 3.42. The molecule has 0 radical (unpaired) electrons. The molecular weight excluding hydrogens is 342 g/mol. The fraction of sp³-hybridized carbons (Fsp3) is 0.500. The molecular formula is C14H21BrClN3O. The lowest BCUT2D eigenvalue weighted by molar-refractivity contribution is -0.122. The first-order chi connectivity index (χ1) is 9.04. The summed E-state index contributed by atoms with van der Waals surface area (Å²) in [7, 11) is 0. The van der Waals surface area contributed by atoms with Gasteiger partial charge in [0.05, 0.1) is 12.6 Å². The highest BCUT2D eigenvalue weighted by atomic mass is 79.9. The average molecular weight is 363 g/mol. The summed E-state index contributed by atoms with van der Waals surface area (Å²) >= 11 is 3.40. The predicted octanol–water partition coefficient (Wildman–Crippen LogP) is 2.08. The molecule has 0 aliphatic carbocycles. The van der Waals surface area contributed by atoms with Gasteiger partial charge in [-0.3, -0.25) is 9.69 Å². The van der Waals surface area contributed by atoms with Gasteiger partial charge in [-0.25, -0.2) is 0 Å². The number of amides is 1. The molecule has 1 unspecified atom stereocenters. The van der Waals surface area contributed by atoms with Crippen molar-refractivity contribution in [2.45, 2.75) is 25.4 Å². The standard InChI is InChI=1S/C14H20BrN3O.ClH/c1-10(11-2-4-12(15)5-3-11)17-14(19)9-18-7-6-13(16)8-18;/h2-5,10,13H,6-9,16H2,1H3,(H,17,19);1H/t10?,13-;/m1./s1. The largest absolute Gasteiger partial charge is 0.348 e. The zero-order chi connectivity index (χ0) is 13.8. The Bertz CT molecular complexity index is 441. The molecule has 1 aromatic carbocycles. The summed E-state index contributed by atoms with van der Waals surface area (Å²) in [6, 6.07) is 8.24. The van der Waals surface area contributed by atoms with Crippen LogP contribution in [0.15, 0.2) is 28.7 Å². The van der Waals surface area contributed by atoms with E-state index in [1.165, 1.54) is 0 Å². The molecule has 2 rings (SSSR count). The van der Waals surface area contributed by atoms with Gasteiger partial charge in [0.25, 0.3) is 0 Å². The summed E-state index contributed by atoms with van der Waals surface area (Å²) in [5, 5.41) is 3.02. The summed E-state index contributed by atoms with van der Waals surface area (Å²) in [6.45, 7) is 4.17. The van der Waals surface area contributed by atoms with Gasteiger partial charge in [0, 0.05) is 23.6 Å². The Morgan fingerprint density at radius 2 is 2.15 bits per heavy atom. The quantitative estimate of drug-likeness (QED) is 0.862. The van der Waals surface area contributed by atoms with Gasteiger partial charge in [-0.05, 0) is 31.0 Å². The second-order valence-electron chi connectivity index (χ2n) is 5.12. The van der Waals surface area contributed by atoms with Crippen LogP contribution in [0.5, 0.6) is 0 Å². The fourth-order valence-electron chi connectivity index (χ4n) is 2.33. The number of hydrogen-bond donors (Lipinski definition) is 2. The summed E-state index contributed by atoms with van der Waals surface area (Å²) in [5.41, 5.74) is 6.94. The van der Waals surface area contributed by atoms with E-state index >= 15 is 0 Å². The number of benzene rings is 1. The molecule has 112 valence electrons. The molecule has 2 atom stereocenters. The first kappa shape index (κ1) is 17.4. The fourth-order valence-corrected chi connectivity index (χ4v) is 2.60. The minimum atomic E-state index is 0. The number of carbonyl (C=O) groups excluding carboxylic acids is 1. The number of halogens is 2. The third-order valence-corrected chi connectivity index (χ3v) is 3.95. The van der Waals surface area contributed by atoms with Crippen molar-refractivity contribution in [1.29, 1.82) is 0 Å². The average Bonchev–Trinajstić information content (AvgIpc) is 2.75. The number of nitrogens with one attached hydrogen (secondary N) is 1. The number of rotatable bonds is 4. The summed E-state index contributed by atoms with van der Waals surface area (Å²) < 4.78 is 1.04. The smallest absolute Gasteiger partial charge is 0.234 e. The minimum Gasteiger partial charge on any atom is -0.348 e. The minimum absolute atomic E-state index is 0. The molecule has 0 aromatic heterocycles. The Morgan fingerprint density at radius 1 is 1.50 bits per heavy atom. The summed E-state index contributed by atoms with van der Waals surface area (Å²) in [6.07, 6.45) is 0.982. The van der Waals surface area contributed by atoms with E-state index in [2.05, 4.69) is 26.1 Å². The van der Waals surface area contributed by atoms with Crippen LogP contribution in [-0.2, 0) is 4.79 Å². The highest BCUT2D eigenvalue weighted by molar-refractivity contribution is 9.10. The number of likely N-dealkylation sites (tertiary alicyclic amines) is 1. The molecule has 4 nitrogen and oxygen atoms in total. The van der Waals surface area contributed by atoms with Gasteiger partial charge in [-0.15, -0.1) is 12.4 Å². The number of carbonyl (C=O) groups is 1. The van der Waals surface area contributed by atoms with Crippen molar-refractivity contribution in [1.82, 2.24) is 10.2 Å². The molecule has 1 aliphatic heterocycles. The van der Waals surface area contributed by atoms with Gasteiger partial charge in [0.1, 0.15) is 0 Å². The van der Waals surface area contributed by atoms with E-state index < -0.39 is 0 Å². The van der Waals surface area contributed by atoms with Crippen molar-refractivity contribution in [2.75, 3.05) is 19.6 Å². The van der Waals surface area contributed by atoms with Crippen molar-refractivity contribution in [2.24, 2.45) is 5.73 Å². The molecule has 1 fully saturated rings. The molecule has 0 spiro atoms. The van der Waals surface area contributed by atoms with E-state index in [0.29, 0.717) is 6.54 Å². The van der Waals surface area contributed by atoms with Crippen LogP contribution in [-0.4, -0.2) is 36.5 Å². The summed E-state index contributed by atoms with van der Waals surface area (Å²) in [5.74, 6) is 0.0597. The topological polar surface area (TPSA) is 58.4 Å². The maximum Gasteiger partial charge on any atom is 0.234 e. The van der Waals surface area contributed by atoms with E-state index in [0.717, 1.165) is 29.5 Å². The SMILES string of the molecule is CC(NC(=O)CN1CC[C@@H](N)C1)c1ccc(Br)cc1.Cl. The van der Waals surface area contributed by atoms with E-state index in [1.807, 2.05) is 31.2 Å². The molecule has 20 heavy (non-hydrogen) atoms. The molecule has 3 N–H and O–H groups in total. The highest BCUT2D eigenvalue weighted by Gasteiger charge is 2.21. The lowest BCUT2D eigenvalue weighted by Gasteiger charge is -2.18. The lowest BCUT2D eigenvalue weighted by atomic mass is 10.1. The van der Waals surface area contributed by atoms with Gasteiger partial charge in [0.15, 0.2) is 0 Å². The van der Waals surface area contributed by atoms with Gasteiger partial charge in [0.2, 0.25) is 5.91 Å². The Labute approximate surface area is 134 Å². The Morgan fingerprint density at radius 3 is 2.70 bits per heavy atom. The monoisotopic (exact) mass is 361 g/mol. The van der Waals surface area contributed by atoms with Gasteiger partial charge in [-0.2, -0.15) is 0 Å². The molecule has 1 aliphatic rings. The van der Waals surface area contributed by atoms with Crippen LogP contribution in [0.3, 0.4) is 0 Å². The van der Waals surface area contributed by atoms with E-state index in [9.17, 15) is 4.79 Å². The van der Waals surface area contributed by atoms with Crippen LogP contribution in [0, 0.1) is 0 Å². The number of nitrogens with zero attached hydrogens (tertiary/aromatic N) is 1. The van der Waals surface area contributed by atoms with Crippen LogP contribution in [0.4, 0.5) is 0 Å². The Balaban J connectivity index is 0.00000200. The van der Waals surface area contributed by atoms with Crippen LogP contribution in [0.1, 0.15) is 24.9 Å². The van der Waals surface area contributed by atoms with Crippen molar-refractivity contribution in [3.63, 3.8) is 0 Å². The van der Waals surface area contributed by atoms with Crippen molar-refractivity contribution in [3.8, 4) is 0 Å². The maximum atomic E-state index is 12.0. The zero-order valence-corrected chi connectivity index (χ0v) is 13.9. The van der Waals surface area contributed by atoms with E-state index in [-0.39, 0.29) is 30.4 Å². The van der Waals surface area contributed by atoms with Crippen molar-refractivity contribution >= 4 is 34.2 Å². The van der Waals surface area contributed by atoms with Crippen LogP contribution >= 0.6 is 28.3 Å². The van der Waals surface area contributed by atoms with Gasteiger partial charge < -0.3 is 11.1 Å². The molecule has 1 amide bonds. The molecule has 6 heteroatoms. The molecule has 1 heterocycles. The first-order valence-corrected chi connectivity index (χ1v) is 7.36. The number of nitrogens with two attached hydrogens (primary N) is 1. The Hall–Kier alpha value is -0.620. The molecule has 1 saturated heterocycles. The molecule has 0 bridgehead atoms.